The van der Waals surface area contributed by atoms with E-state index in [1.807, 2.05) is 20.8 Å². The number of aromatic amines is 1. The van der Waals surface area contributed by atoms with Crippen LogP contribution < -0.4 is 10.6 Å². The van der Waals surface area contributed by atoms with E-state index in [0.717, 1.165) is 31.2 Å². The van der Waals surface area contributed by atoms with E-state index in [2.05, 4.69) is 20.6 Å². The lowest BCUT2D eigenvalue weighted by Crippen LogP contribution is -2.54. The summed E-state index contributed by atoms with van der Waals surface area (Å²) in [6.07, 6.45) is 5.07. The predicted octanol–water partition coefficient (Wildman–Crippen LogP) is 4.88. The van der Waals surface area contributed by atoms with Gasteiger partial charge >= 0.3 is 0 Å². The number of anilines is 1. The van der Waals surface area contributed by atoms with Crippen LogP contribution in [0.1, 0.15) is 52.9 Å². The summed E-state index contributed by atoms with van der Waals surface area (Å²) in [6, 6.07) is 10.4. The molecule has 3 aromatic rings. The number of halogens is 1. The SMILES string of the molecule is CC(C)(C)[C@H](NC(=O)[C@H](CC1CCCC1)CN(O)C=O)C(=O)Nc1ccc2nc(-c3ccc(F)cc3)[nH]c2c1. The van der Waals surface area contributed by atoms with Gasteiger partial charge in [0.2, 0.25) is 18.2 Å². The summed E-state index contributed by atoms with van der Waals surface area (Å²) >= 11 is 0. The van der Waals surface area contributed by atoms with Crippen LogP contribution in [0.25, 0.3) is 22.4 Å². The highest BCUT2D eigenvalue weighted by Gasteiger charge is 2.36. The third kappa shape index (κ3) is 7.20. The molecule has 1 aliphatic carbocycles. The number of nitrogens with zero attached hydrogens (tertiary/aromatic N) is 2. The number of hydrogen-bond donors (Lipinski definition) is 4. The van der Waals surface area contributed by atoms with E-state index in [4.69, 9.17) is 0 Å². The van der Waals surface area contributed by atoms with Gasteiger partial charge in [0.1, 0.15) is 17.7 Å². The van der Waals surface area contributed by atoms with Gasteiger partial charge in [-0.25, -0.2) is 14.4 Å². The molecule has 39 heavy (non-hydrogen) atoms. The number of fused-ring (bicyclic) bond motifs is 1. The quantitative estimate of drug-likeness (QED) is 0.167. The molecule has 1 aliphatic rings. The number of imidazole rings is 1. The number of benzene rings is 2. The molecule has 2 aromatic carbocycles. The van der Waals surface area contributed by atoms with Crippen LogP contribution in [0.4, 0.5) is 10.1 Å². The molecule has 9 nitrogen and oxygen atoms in total. The summed E-state index contributed by atoms with van der Waals surface area (Å²) in [6.45, 7) is 5.46. The maximum atomic E-state index is 13.4. The van der Waals surface area contributed by atoms with Crippen LogP contribution in [0, 0.1) is 23.1 Å². The van der Waals surface area contributed by atoms with Crippen molar-refractivity contribution in [2.75, 3.05) is 11.9 Å². The van der Waals surface area contributed by atoms with Gasteiger partial charge in [0, 0.05) is 11.3 Å². The number of carbonyl (C=O) groups is 3. The summed E-state index contributed by atoms with van der Waals surface area (Å²) in [7, 11) is 0. The number of aromatic nitrogens is 2. The zero-order chi connectivity index (χ0) is 28.2. The minimum Gasteiger partial charge on any atom is -0.343 e. The molecule has 4 rings (SSSR count). The number of hydroxylamine groups is 2. The first-order valence-corrected chi connectivity index (χ1v) is 13.3. The van der Waals surface area contributed by atoms with Crippen molar-refractivity contribution in [1.29, 1.82) is 0 Å². The van der Waals surface area contributed by atoms with Crippen molar-refractivity contribution in [3.05, 3.63) is 48.3 Å². The molecule has 1 fully saturated rings. The first-order valence-electron chi connectivity index (χ1n) is 13.3. The summed E-state index contributed by atoms with van der Waals surface area (Å²) in [5.41, 5.74) is 2.02. The third-order valence-electron chi connectivity index (χ3n) is 7.27. The monoisotopic (exact) mass is 537 g/mol. The minimum absolute atomic E-state index is 0.128. The number of amides is 3. The second kappa shape index (κ2) is 11.9. The Morgan fingerprint density at radius 1 is 1.15 bits per heavy atom. The molecular formula is C29H36FN5O4. The maximum Gasteiger partial charge on any atom is 0.247 e. The highest BCUT2D eigenvalue weighted by molar-refractivity contribution is 5.99. The molecule has 2 atom stereocenters. The van der Waals surface area contributed by atoms with E-state index >= 15 is 0 Å². The predicted molar refractivity (Wildman–Crippen MR) is 146 cm³/mol. The fourth-order valence-corrected chi connectivity index (χ4v) is 5.16. The van der Waals surface area contributed by atoms with Gasteiger partial charge in [0.25, 0.3) is 0 Å². The Labute approximate surface area is 227 Å². The summed E-state index contributed by atoms with van der Waals surface area (Å²) in [4.78, 5) is 45.6. The van der Waals surface area contributed by atoms with Gasteiger partial charge in [-0.1, -0.05) is 46.5 Å². The van der Waals surface area contributed by atoms with Crippen molar-refractivity contribution in [3.63, 3.8) is 0 Å². The van der Waals surface area contributed by atoms with Crippen LogP contribution in [0.5, 0.6) is 0 Å². The molecule has 0 aliphatic heterocycles. The van der Waals surface area contributed by atoms with E-state index < -0.39 is 17.4 Å². The fraction of sp³-hybridized carbons (Fsp3) is 0.448. The van der Waals surface area contributed by atoms with E-state index in [0.29, 0.717) is 39.9 Å². The molecule has 4 N–H and O–H groups in total. The van der Waals surface area contributed by atoms with E-state index in [1.165, 1.54) is 12.1 Å². The minimum atomic E-state index is -0.869. The van der Waals surface area contributed by atoms with Gasteiger partial charge in [0.05, 0.1) is 23.5 Å². The lowest BCUT2D eigenvalue weighted by atomic mass is 9.85. The smallest absolute Gasteiger partial charge is 0.247 e. The molecule has 0 radical (unpaired) electrons. The average Bonchev–Trinajstić information content (AvgIpc) is 3.56. The molecule has 1 heterocycles. The van der Waals surface area contributed by atoms with Crippen molar-refractivity contribution in [2.24, 2.45) is 17.3 Å². The zero-order valence-electron chi connectivity index (χ0n) is 22.5. The Balaban J connectivity index is 1.49. The molecule has 3 amide bonds. The third-order valence-corrected chi connectivity index (χ3v) is 7.27. The Morgan fingerprint density at radius 3 is 2.49 bits per heavy atom. The number of carbonyl (C=O) groups excluding carboxylic acids is 3. The van der Waals surface area contributed by atoms with E-state index in [1.54, 1.807) is 30.3 Å². The van der Waals surface area contributed by atoms with Crippen LogP contribution in [0.15, 0.2) is 42.5 Å². The first kappa shape index (κ1) is 28.2. The van der Waals surface area contributed by atoms with E-state index in [-0.39, 0.29) is 30.6 Å². The van der Waals surface area contributed by atoms with Gasteiger partial charge in [-0.15, -0.1) is 0 Å². The van der Waals surface area contributed by atoms with E-state index in [9.17, 15) is 24.0 Å². The van der Waals surface area contributed by atoms with Crippen LogP contribution in [-0.2, 0) is 14.4 Å². The van der Waals surface area contributed by atoms with Crippen molar-refractivity contribution < 1.29 is 24.0 Å². The number of H-pyrrole nitrogens is 1. The Hall–Kier alpha value is -3.79. The van der Waals surface area contributed by atoms with Crippen molar-refractivity contribution in [1.82, 2.24) is 20.3 Å². The Bertz CT molecular complexity index is 1310. The summed E-state index contributed by atoms with van der Waals surface area (Å²) < 4.78 is 13.3. The first-order chi connectivity index (χ1) is 18.5. The fourth-order valence-electron chi connectivity index (χ4n) is 5.16. The molecule has 0 unspecified atom stereocenters. The van der Waals surface area contributed by atoms with Crippen LogP contribution in [-0.4, -0.2) is 51.0 Å². The molecule has 0 saturated heterocycles. The van der Waals surface area contributed by atoms with Gasteiger partial charge in [0.15, 0.2) is 0 Å². The van der Waals surface area contributed by atoms with Gasteiger partial charge in [-0.2, -0.15) is 0 Å². The topological polar surface area (TPSA) is 127 Å². The normalized spacial score (nSPS) is 15.6. The summed E-state index contributed by atoms with van der Waals surface area (Å²) in [5, 5.41) is 16.1. The molecule has 1 aromatic heterocycles. The maximum absolute atomic E-state index is 13.4. The Kier molecular flexibility index (Phi) is 8.64. The van der Waals surface area contributed by atoms with Crippen LogP contribution in [0.2, 0.25) is 0 Å². The van der Waals surface area contributed by atoms with Crippen molar-refractivity contribution in [2.45, 2.75) is 58.9 Å². The van der Waals surface area contributed by atoms with Crippen molar-refractivity contribution >= 4 is 34.9 Å². The zero-order valence-corrected chi connectivity index (χ0v) is 22.5. The standard InChI is InChI=1S/C29H36FN5O4/c1-29(2,3)25(34-27(37)20(16-35(39)17-36)14-18-6-4-5-7-18)28(38)31-22-12-13-23-24(15-22)33-26(32-23)19-8-10-21(30)11-9-19/h8-13,15,17-18,20,25,39H,4-7,14,16H2,1-3H3,(H,31,38)(H,32,33)(H,34,37)/t20-,25-/m1/s1. The Morgan fingerprint density at radius 2 is 1.85 bits per heavy atom. The van der Waals surface area contributed by atoms with Gasteiger partial charge in [-0.05, 0) is 60.2 Å². The highest BCUT2D eigenvalue weighted by atomic mass is 19.1. The lowest BCUT2D eigenvalue weighted by Gasteiger charge is -2.32. The van der Waals surface area contributed by atoms with Crippen LogP contribution in [0.3, 0.4) is 0 Å². The molecule has 0 spiro atoms. The highest BCUT2D eigenvalue weighted by Crippen LogP contribution is 2.31. The molecule has 0 bridgehead atoms. The van der Waals surface area contributed by atoms with Gasteiger partial charge < -0.3 is 15.6 Å². The molecule has 208 valence electrons. The lowest BCUT2D eigenvalue weighted by molar-refractivity contribution is -0.155. The number of rotatable bonds is 10. The summed E-state index contributed by atoms with van der Waals surface area (Å²) in [5.74, 6) is -0.788. The second-order valence-electron chi connectivity index (χ2n) is 11.4. The largest absolute Gasteiger partial charge is 0.343 e. The molecule has 10 heteroatoms. The number of nitrogens with one attached hydrogen (secondary N) is 3. The molecule has 1 saturated carbocycles. The van der Waals surface area contributed by atoms with Gasteiger partial charge in [-0.3, -0.25) is 19.6 Å². The van der Waals surface area contributed by atoms with Crippen molar-refractivity contribution in [3.8, 4) is 11.4 Å². The van der Waals surface area contributed by atoms with Crippen LogP contribution >= 0.6 is 0 Å². The average molecular weight is 538 g/mol. The molecular weight excluding hydrogens is 501 g/mol. The number of hydrogen-bond acceptors (Lipinski definition) is 5. The second-order valence-corrected chi connectivity index (χ2v) is 11.4.